The normalized spacial score (nSPS) is 18.3. The molecule has 1 aromatic carbocycles. The number of nitrogens with two attached hydrogens (primary N) is 1. The molecule has 3 N–H and O–H groups in total. The minimum atomic E-state index is -0.783. The summed E-state index contributed by atoms with van der Waals surface area (Å²) in [4.78, 5) is 23.0. The Kier molecular flexibility index (Phi) is 10.7. The van der Waals surface area contributed by atoms with Crippen LogP contribution < -0.4 is 16.0 Å². The molecule has 0 saturated heterocycles. The number of aryl methyl sites for hydroxylation is 1. The number of halogens is 1. The SMILES string of the molecule is CCCCC(I)(CCCC)[C@@](C)(ONC(=O)OC(C)(C)C)C1CCc2cc(C(N)=NC)ccc2O1. The summed E-state index contributed by atoms with van der Waals surface area (Å²) in [6, 6.07) is 5.95. The molecule has 0 aliphatic carbocycles. The summed E-state index contributed by atoms with van der Waals surface area (Å²) >= 11 is 2.57. The van der Waals surface area contributed by atoms with Crippen molar-refractivity contribution in [2.75, 3.05) is 7.05 Å². The molecule has 1 heterocycles. The highest BCUT2D eigenvalue weighted by Gasteiger charge is 2.54. The largest absolute Gasteiger partial charge is 0.487 e. The Morgan fingerprint density at radius 3 is 2.37 bits per heavy atom. The van der Waals surface area contributed by atoms with Gasteiger partial charge in [-0.15, -0.1) is 0 Å². The van der Waals surface area contributed by atoms with Gasteiger partial charge in [-0.05, 0) is 77.1 Å². The molecule has 198 valence electrons. The minimum Gasteiger partial charge on any atom is -0.487 e. The van der Waals surface area contributed by atoms with Crippen LogP contribution >= 0.6 is 22.6 Å². The lowest BCUT2D eigenvalue weighted by molar-refractivity contribution is -0.166. The zero-order valence-electron chi connectivity index (χ0n) is 22.5. The third kappa shape index (κ3) is 7.71. The molecule has 8 heteroatoms. The second-order valence-corrected chi connectivity index (χ2v) is 12.6. The first-order valence-corrected chi connectivity index (χ1v) is 13.8. The van der Waals surface area contributed by atoms with Gasteiger partial charge in [0.15, 0.2) is 0 Å². The molecule has 0 spiro atoms. The van der Waals surface area contributed by atoms with E-state index in [1.54, 1.807) is 7.05 Å². The smallest absolute Gasteiger partial charge is 0.431 e. The number of carbonyl (C=O) groups is 1. The van der Waals surface area contributed by atoms with Crippen molar-refractivity contribution in [3.63, 3.8) is 0 Å². The fraction of sp³-hybridized carbons (Fsp3) is 0.704. The third-order valence-corrected chi connectivity index (χ3v) is 8.79. The molecular weight excluding hydrogens is 557 g/mol. The topological polar surface area (TPSA) is 95.2 Å². The molecule has 2 rings (SSSR count). The molecule has 35 heavy (non-hydrogen) atoms. The van der Waals surface area contributed by atoms with Gasteiger partial charge in [0.2, 0.25) is 0 Å². The first-order valence-electron chi connectivity index (χ1n) is 12.8. The lowest BCUT2D eigenvalue weighted by atomic mass is 9.75. The van der Waals surface area contributed by atoms with Crippen LogP contribution in [0.25, 0.3) is 0 Å². The molecule has 0 radical (unpaired) electrons. The van der Waals surface area contributed by atoms with Crippen molar-refractivity contribution >= 4 is 34.5 Å². The second kappa shape index (κ2) is 12.6. The number of nitrogens with zero attached hydrogens (tertiary/aromatic N) is 1. The van der Waals surface area contributed by atoms with Gasteiger partial charge in [0, 0.05) is 12.6 Å². The van der Waals surface area contributed by atoms with Crippen LogP contribution in [-0.4, -0.2) is 39.7 Å². The van der Waals surface area contributed by atoms with E-state index in [9.17, 15) is 4.79 Å². The van der Waals surface area contributed by atoms with Crippen molar-refractivity contribution in [1.29, 1.82) is 0 Å². The number of hydrogen-bond acceptors (Lipinski definition) is 5. The third-order valence-electron chi connectivity index (χ3n) is 6.64. The standard InChI is InChI=1S/C27H44IN3O4/c1-8-10-16-27(28,17-11-9-2)26(6,35-31-24(32)34-25(3,4)5)22-15-13-19-18-20(23(29)30-7)12-14-21(19)33-22/h12,14,18,22H,8-11,13,15-17H2,1-7H3,(H2,29,30)(H,31,32)/t22?,26-/m0/s1. The average molecular weight is 602 g/mol. The zero-order valence-corrected chi connectivity index (χ0v) is 24.7. The Hall–Kier alpha value is -1.55. The highest BCUT2D eigenvalue weighted by atomic mass is 127. The van der Waals surface area contributed by atoms with Crippen molar-refractivity contribution in [3.8, 4) is 5.75 Å². The quantitative estimate of drug-likeness (QED) is 0.0995. The molecule has 0 saturated carbocycles. The van der Waals surface area contributed by atoms with Crippen LogP contribution in [0, 0.1) is 0 Å². The fourth-order valence-electron chi connectivity index (χ4n) is 4.49. The first-order chi connectivity index (χ1) is 16.4. The summed E-state index contributed by atoms with van der Waals surface area (Å²) in [5.74, 6) is 1.33. The van der Waals surface area contributed by atoms with Crippen LogP contribution in [0.2, 0.25) is 0 Å². The van der Waals surface area contributed by atoms with Gasteiger partial charge < -0.3 is 15.2 Å². The number of hydrogen-bond donors (Lipinski definition) is 2. The Balaban J connectivity index is 2.39. The van der Waals surface area contributed by atoms with Gasteiger partial charge >= 0.3 is 6.09 Å². The number of aliphatic imine (C=N–C) groups is 1. The van der Waals surface area contributed by atoms with Crippen molar-refractivity contribution in [3.05, 3.63) is 29.3 Å². The number of amides is 1. The van der Waals surface area contributed by atoms with Gasteiger partial charge in [-0.2, -0.15) is 5.48 Å². The molecule has 1 unspecified atom stereocenters. The number of rotatable bonds is 11. The van der Waals surface area contributed by atoms with Crippen LogP contribution in [0.15, 0.2) is 23.2 Å². The highest BCUT2D eigenvalue weighted by Crippen LogP contribution is 2.48. The predicted octanol–water partition coefficient (Wildman–Crippen LogP) is 6.48. The van der Waals surface area contributed by atoms with Gasteiger partial charge in [-0.3, -0.25) is 9.83 Å². The molecule has 1 amide bonds. The van der Waals surface area contributed by atoms with Gasteiger partial charge in [-0.25, -0.2) is 4.79 Å². The van der Waals surface area contributed by atoms with Crippen molar-refractivity contribution in [1.82, 2.24) is 5.48 Å². The molecule has 7 nitrogen and oxygen atoms in total. The Morgan fingerprint density at radius 1 is 1.20 bits per heavy atom. The molecule has 1 aromatic rings. The van der Waals surface area contributed by atoms with Gasteiger partial charge in [0.25, 0.3) is 0 Å². The second-order valence-electron chi connectivity index (χ2n) is 10.6. The van der Waals surface area contributed by atoms with E-state index in [0.717, 1.165) is 68.2 Å². The van der Waals surface area contributed by atoms with E-state index in [4.69, 9.17) is 20.0 Å². The fourth-order valence-corrected chi connectivity index (χ4v) is 5.71. The van der Waals surface area contributed by atoms with E-state index in [0.29, 0.717) is 5.84 Å². The monoisotopic (exact) mass is 601 g/mol. The van der Waals surface area contributed by atoms with E-state index in [2.05, 4.69) is 59.9 Å². The minimum absolute atomic E-state index is 0.243. The lowest BCUT2D eigenvalue weighted by Crippen LogP contribution is -2.62. The van der Waals surface area contributed by atoms with E-state index in [-0.39, 0.29) is 9.53 Å². The molecule has 1 aliphatic heterocycles. The van der Waals surface area contributed by atoms with Crippen molar-refractivity contribution < 1.29 is 19.1 Å². The number of fused-ring (bicyclic) bond motifs is 1. The molecule has 2 atom stereocenters. The van der Waals surface area contributed by atoms with Crippen LogP contribution in [0.3, 0.4) is 0 Å². The summed E-state index contributed by atoms with van der Waals surface area (Å²) in [6.07, 6.45) is 6.98. The number of hydroxylamine groups is 1. The Labute approximate surface area is 225 Å². The molecule has 0 aromatic heterocycles. The van der Waals surface area contributed by atoms with E-state index < -0.39 is 17.3 Å². The average Bonchev–Trinajstić information content (AvgIpc) is 2.82. The maximum atomic E-state index is 12.5. The molecular formula is C27H44IN3O4. The number of unbranched alkanes of at least 4 members (excludes halogenated alkanes) is 2. The number of benzene rings is 1. The number of amidine groups is 1. The van der Waals surface area contributed by atoms with E-state index in [1.807, 2.05) is 32.9 Å². The highest BCUT2D eigenvalue weighted by molar-refractivity contribution is 14.1. The summed E-state index contributed by atoms with van der Waals surface area (Å²) in [6.45, 7) is 12.0. The molecule has 0 fully saturated rings. The summed E-state index contributed by atoms with van der Waals surface area (Å²) in [5.41, 5.74) is 9.24. The maximum absolute atomic E-state index is 12.5. The molecule has 0 bridgehead atoms. The van der Waals surface area contributed by atoms with Gasteiger partial charge in [-0.1, -0.05) is 62.1 Å². The summed E-state index contributed by atoms with van der Waals surface area (Å²) in [7, 11) is 1.69. The van der Waals surface area contributed by atoms with Crippen molar-refractivity contribution in [2.24, 2.45) is 10.7 Å². The van der Waals surface area contributed by atoms with Crippen molar-refractivity contribution in [2.45, 2.75) is 114 Å². The van der Waals surface area contributed by atoms with Gasteiger partial charge in [0.05, 0.1) is 3.42 Å². The lowest BCUT2D eigenvalue weighted by Gasteiger charge is -2.49. The van der Waals surface area contributed by atoms with Crippen LogP contribution in [0.4, 0.5) is 4.79 Å². The summed E-state index contributed by atoms with van der Waals surface area (Å²) < 4.78 is 11.8. The Morgan fingerprint density at radius 2 is 1.83 bits per heavy atom. The van der Waals surface area contributed by atoms with E-state index >= 15 is 0 Å². The first kappa shape index (κ1) is 29.7. The number of carbonyl (C=O) groups excluding carboxylic acids is 1. The number of nitrogens with one attached hydrogen (secondary N) is 1. The van der Waals surface area contributed by atoms with Crippen LogP contribution in [0.5, 0.6) is 5.75 Å². The van der Waals surface area contributed by atoms with Crippen LogP contribution in [-0.2, 0) is 16.0 Å². The van der Waals surface area contributed by atoms with Crippen LogP contribution in [0.1, 0.15) is 97.6 Å². The predicted molar refractivity (Wildman–Crippen MR) is 150 cm³/mol. The Bertz CT molecular complexity index is 876. The zero-order chi connectivity index (χ0) is 26.3. The maximum Gasteiger partial charge on any atom is 0.431 e. The summed E-state index contributed by atoms with van der Waals surface area (Å²) in [5, 5.41) is 0. The number of alkyl halides is 1. The van der Waals surface area contributed by atoms with E-state index in [1.165, 1.54) is 0 Å². The molecule has 1 aliphatic rings. The van der Waals surface area contributed by atoms with Gasteiger partial charge in [0.1, 0.15) is 28.9 Å². The number of ether oxygens (including phenoxy) is 2.